The van der Waals surface area contributed by atoms with Crippen molar-refractivity contribution in [3.63, 3.8) is 0 Å². The fourth-order valence-corrected chi connectivity index (χ4v) is 5.41. The van der Waals surface area contributed by atoms with E-state index in [1.165, 1.54) is 10.3 Å². The number of hydrogen-bond acceptors (Lipinski definition) is 7. The Morgan fingerprint density at radius 3 is 2.89 bits per heavy atom. The minimum absolute atomic E-state index is 0.00497. The fraction of sp³-hybridized carbons (Fsp3) is 0.650. The van der Waals surface area contributed by atoms with Crippen LogP contribution in [-0.2, 0) is 15.6 Å². The van der Waals surface area contributed by atoms with E-state index in [4.69, 9.17) is 24.6 Å². The summed E-state index contributed by atoms with van der Waals surface area (Å²) in [6.07, 6.45) is 0.857. The first kappa shape index (κ1) is 20.1. The van der Waals surface area contributed by atoms with Gasteiger partial charge in [0.25, 0.3) is 0 Å². The minimum atomic E-state index is -1.83. The van der Waals surface area contributed by atoms with E-state index in [2.05, 4.69) is 45.2 Å². The summed E-state index contributed by atoms with van der Waals surface area (Å²) in [6, 6.07) is 4.06. The summed E-state index contributed by atoms with van der Waals surface area (Å²) in [4.78, 5) is 4.85. The molecule has 1 fully saturated rings. The molecule has 2 aliphatic rings. The van der Waals surface area contributed by atoms with Crippen molar-refractivity contribution in [1.82, 2.24) is 4.98 Å². The first-order valence-electron chi connectivity index (χ1n) is 9.98. The molecule has 8 heteroatoms. The fourth-order valence-electron chi connectivity index (χ4n) is 3.45. The van der Waals surface area contributed by atoms with Gasteiger partial charge in [0.2, 0.25) is 0 Å². The maximum atomic E-state index is 6.40. The molecule has 0 spiro atoms. The van der Waals surface area contributed by atoms with E-state index in [9.17, 15) is 0 Å². The number of benzene rings is 1. The third-order valence-electron chi connectivity index (χ3n) is 6.30. The van der Waals surface area contributed by atoms with E-state index in [0.717, 1.165) is 29.4 Å². The van der Waals surface area contributed by atoms with Crippen LogP contribution in [0.4, 0.5) is 5.13 Å². The molecule has 4 rings (SSSR count). The molecule has 0 saturated carbocycles. The summed E-state index contributed by atoms with van der Waals surface area (Å²) in [5.41, 5.74) is 8.61. The Morgan fingerprint density at radius 2 is 2.14 bits per heavy atom. The van der Waals surface area contributed by atoms with Crippen molar-refractivity contribution < 1.29 is 13.9 Å². The van der Waals surface area contributed by atoms with Gasteiger partial charge in [0.1, 0.15) is 11.9 Å². The molecule has 0 bridgehead atoms. The Bertz CT molecular complexity index is 864. The van der Waals surface area contributed by atoms with Gasteiger partial charge in [0.05, 0.1) is 42.1 Å². The van der Waals surface area contributed by atoms with E-state index in [0.29, 0.717) is 13.2 Å². The van der Waals surface area contributed by atoms with Gasteiger partial charge in [-0.1, -0.05) is 32.1 Å². The molecule has 28 heavy (non-hydrogen) atoms. The number of nitrogens with zero attached hydrogens (tertiary/aromatic N) is 1. The highest BCUT2D eigenvalue weighted by Gasteiger charge is 2.41. The van der Waals surface area contributed by atoms with E-state index in [-0.39, 0.29) is 23.2 Å². The second-order valence-electron chi connectivity index (χ2n) is 9.28. The van der Waals surface area contributed by atoms with Gasteiger partial charge < -0.3 is 25.0 Å². The van der Waals surface area contributed by atoms with Gasteiger partial charge in [0.15, 0.2) is 13.4 Å². The van der Waals surface area contributed by atoms with Crippen molar-refractivity contribution in [2.45, 2.75) is 63.5 Å². The maximum Gasteiger partial charge on any atom is 0.192 e. The average molecular weight is 422 g/mol. The molecule has 2 aliphatic heterocycles. The third-order valence-corrected chi connectivity index (χ3v) is 11.8. The van der Waals surface area contributed by atoms with Crippen LogP contribution in [0, 0.1) is 0 Å². The normalized spacial score (nSPS) is 25.1. The predicted octanol–water partition coefficient (Wildman–Crippen LogP) is 3.76. The van der Waals surface area contributed by atoms with Crippen molar-refractivity contribution in [2.24, 2.45) is 5.73 Å². The number of nitrogens with two attached hydrogens (primary N) is 1. The van der Waals surface area contributed by atoms with Gasteiger partial charge in [-0.05, 0) is 30.3 Å². The van der Waals surface area contributed by atoms with Gasteiger partial charge in [-0.3, -0.25) is 0 Å². The van der Waals surface area contributed by atoms with Gasteiger partial charge in [-0.25, -0.2) is 4.98 Å². The number of hydrogen-bond donors (Lipinski definition) is 2. The van der Waals surface area contributed by atoms with Crippen LogP contribution in [0.15, 0.2) is 12.1 Å². The molecule has 1 aromatic heterocycles. The Morgan fingerprint density at radius 1 is 1.36 bits per heavy atom. The van der Waals surface area contributed by atoms with E-state index < -0.39 is 8.32 Å². The van der Waals surface area contributed by atoms with Crippen LogP contribution >= 0.6 is 11.3 Å². The largest absolute Gasteiger partial charge is 0.493 e. The monoisotopic (exact) mass is 421 g/mol. The molecule has 0 amide bonds. The molecule has 0 unspecified atom stereocenters. The number of thiazole rings is 1. The lowest BCUT2D eigenvalue weighted by molar-refractivity contribution is 0.0587. The van der Waals surface area contributed by atoms with Crippen molar-refractivity contribution >= 4 is 35.0 Å². The molecular weight excluding hydrogens is 390 g/mol. The number of anilines is 1. The van der Waals surface area contributed by atoms with E-state index in [1.54, 1.807) is 11.3 Å². The van der Waals surface area contributed by atoms with Crippen LogP contribution in [0.3, 0.4) is 0 Å². The van der Waals surface area contributed by atoms with Crippen LogP contribution < -0.4 is 15.8 Å². The van der Waals surface area contributed by atoms with Crippen LogP contribution in [0.25, 0.3) is 10.2 Å². The third kappa shape index (κ3) is 3.68. The summed E-state index contributed by atoms with van der Waals surface area (Å²) in [7, 11) is -1.83. The van der Waals surface area contributed by atoms with Crippen LogP contribution in [0.5, 0.6) is 5.75 Å². The number of rotatable bonds is 5. The first-order valence-corrected chi connectivity index (χ1v) is 13.7. The molecule has 3 heterocycles. The van der Waals surface area contributed by atoms with Crippen molar-refractivity contribution in [1.29, 1.82) is 0 Å². The van der Waals surface area contributed by atoms with Crippen LogP contribution in [-0.4, -0.2) is 51.3 Å². The van der Waals surface area contributed by atoms with Crippen molar-refractivity contribution in [3.8, 4) is 5.75 Å². The molecule has 154 valence electrons. The van der Waals surface area contributed by atoms with Crippen molar-refractivity contribution in [2.75, 3.05) is 25.1 Å². The molecule has 6 nitrogen and oxygen atoms in total. The summed E-state index contributed by atoms with van der Waals surface area (Å²) in [5, 5.41) is 4.61. The number of fused-ring (bicyclic) bond motifs is 3. The lowest BCUT2D eigenvalue weighted by atomic mass is 10.1. The Kier molecular flexibility index (Phi) is 5.20. The number of nitrogens with one attached hydrogen (secondary N) is 1. The maximum absolute atomic E-state index is 6.40. The predicted molar refractivity (Wildman–Crippen MR) is 117 cm³/mol. The van der Waals surface area contributed by atoms with Gasteiger partial charge in [-0.15, -0.1) is 0 Å². The molecule has 1 saturated heterocycles. The molecule has 2 aromatic rings. The van der Waals surface area contributed by atoms with E-state index in [1.807, 2.05) is 6.07 Å². The highest BCUT2D eigenvalue weighted by atomic mass is 32.1. The summed E-state index contributed by atoms with van der Waals surface area (Å²) in [5.74, 6) is 0.964. The summed E-state index contributed by atoms with van der Waals surface area (Å²) < 4.78 is 19.2. The lowest BCUT2D eigenvalue weighted by Gasteiger charge is -2.37. The SMILES string of the molecule is CC(C)(C)[Si](C)(C)OC[C@H]1OC[C@@H](N)[C@H]1Nc1nc2c3c(ccc2s1)OCC3. The molecule has 3 N–H and O–H groups in total. The Labute approximate surface area is 171 Å². The molecule has 1 aromatic carbocycles. The van der Waals surface area contributed by atoms with Crippen LogP contribution in [0.2, 0.25) is 18.1 Å². The Balaban J connectivity index is 1.49. The highest BCUT2D eigenvalue weighted by molar-refractivity contribution is 7.22. The van der Waals surface area contributed by atoms with Crippen molar-refractivity contribution in [3.05, 3.63) is 17.7 Å². The molecule has 0 aliphatic carbocycles. The Hall–Kier alpha value is -1.19. The number of ether oxygens (including phenoxy) is 2. The van der Waals surface area contributed by atoms with E-state index >= 15 is 0 Å². The van der Waals surface area contributed by atoms with Gasteiger partial charge in [0, 0.05) is 12.0 Å². The number of aromatic nitrogens is 1. The average Bonchev–Trinajstić information content (AvgIpc) is 3.31. The second kappa shape index (κ2) is 7.25. The minimum Gasteiger partial charge on any atom is -0.493 e. The van der Waals surface area contributed by atoms with Gasteiger partial charge >= 0.3 is 0 Å². The van der Waals surface area contributed by atoms with Gasteiger partial charge in [-0.2, -0.15) is 0 Å². The molecule has 3 atom stereocenters. The molecular formula is C20H31N3O3SSi. The quantitative estimate of drug-likeness (QED) is 0.716. The molecule has 0 radical (unpaired) electrons. The smallest absolute Gasteiger partial charge is 0.192 e. The zero-order chi connectivity index (χ0) is 20.1. The zero-order valence-corrected chi connectivity index (χ0v) is 19.2. The zero-order valence-electron chi connectivity index (χ0n) is 17.4. The standard InChI is InChI=1S/C20H31N3O3SSi/c1-20(2,3)28(4,5)26-11-15-18(13(21)10-25-15)23-19-22-17-12-8-9-24-14(12)6-7-16(17)27-19/h6-7,13,15,18H,8-11,21H2,1-5H3,(H,22,23)/t13-,15-,18-/m1/s1. The lowest BCUT2D eigenvalue weighted by Crippen LogP contribution is -2.48. The summed E-state index contributed by atoms with van der Waals surface area (Å²) >= 11 is 1.66. The first-order chi connectivity index (χ1) is 13.2. The summed E-state index contributed by atoms with van der Waals surface area (Å²) in [6.45, 7) is 13.1. The topological polar surface area (TPSA) is 78.6 Å². The second-order valence-corrected chi connectivity index (χ2v) is 15.1. The van der Waals surface area contributed by atoms with Crippen LogP contribution in [0.1, 0.15) is 26.3 Å². The highest BCUT2D eigenvalue weighted by Crippen LogP contribution is 2.38.